The highest BCUT2D eigenvalue weighted by Crippen LogP contribution is 2.22. The van der Waals surface area contributed by atoms with E-state index >= 15 is 0 Å². The summed E-state index contributed by atoms with van der Waals surface area (Å²) in [7, 11) is 0. The quantitative estimate of drug-likeness (QED) is 0.841. The van der Waals surface area contributed by atoms with Gasteiger partial charge in [0.15, 0.2) is 0 Å². The van der Waals surface area contributed by atoms with Crippen LogP contribution in [0.1, 0.15) is 16.1 Å². The molecule has 0 spiro atoms. The van der Waals surface area contributed by atoms with E-state index in [0.29, 0.717) is 12.2 Å². The largest absolute Gasteiger partial charge is 0.356 e. The van der Waals surface area contributed by atoms with Gasteiger partial charge in [-0.1, -0.05) is 18.2 Å². The lowest BCUT2D eigenvalue weighted by molar-refractivity contribution is -0.116. The van der Waals surface area contributed by atoms with Crippen molar-refractivity contribution in [2.24, 2.45) is 0 Å². The summed E-state index contributed by atoms with van der Waals surface area (Å²) in [5.41, 5.74) is 2.15. The Balaban J connectivity index is 1.91. The summed E-state index contributed by atoms with van der Waals surface area (Å²) in [4.78, 5) is 28.7. The summed E-state index contributed by atoms with van der Waals surface area (Å²) in [6, 6.07) is 9.21. The summed E-state index contributed by atoms with van der Waals surface area (Å²) in [5.74, 6) is -0.378. The third kappa shape index (κ3) is 2.46. The van der Waals surface area contributed by atoms with Gasteiger partial charge in [0.05, 0.1) is 0 Å². The number of rotatable bonds is 1. The SMILES string of the molecule is O=C1CN(C(=O)c2cc(Br)c[nH]2)Cc2ccccc2N1. The number of hydrogen-bond acceptors (Lipinski definition) is 2. The molecule has 6 heteroatoms. The molecule has 2 amide bonds. The predicted molar refractivity (Wildman–Crippen MR) is 78.3 cm³/mol. The fourth-order valence-corrected chi connectivity index (χ4v) is 2.55. The van der Waals surface area contributed by atoms with E-state index in [1.807, 2.05) is 24.3 Å². The van der Waals surface area contributed by atoms with Crippen LogP contribution in [0.25, 0.3) is 0 Å². The first kappa shape index (κ1) is 12.9. The van der Waals surface area contributed by atoms with Crippen molar-refractivity contribution in [3.8, 4) is 0 Å². The van der Waals surface area contributed by atoms with Gasteiger partial charge in [0.25, 0.3) is 5.91 Å². The molecule has 0 aliphatic carbocycles. The molecule has 1 aliphatic rings. The van der Waals surface area contributed by atoms with Crippen molar-refractivity contribution in [3.63, 3.8) is 0 Å². The molecule has 0 bridgehead atoms. The zero-order chi connectivity index (χ0) is 14.1. The first-order valence-electron chi connectivity index (χ1n) is 6.14. The van der Waals surface area contributed by atoms with Gasteiger partial charge >= 0.3 is 0 Å². The minimum absolute atomic E-state index is 0.0458. The second kappa shape index (κ2) is 5.13. The predicted octanol–water partition coefficient (Wildman–Crippen LogP) is 2.37. The van der Waals surface area contributed by atoms with Gasteiger partial charge in [-0.25, -0.2) is 0 Å². The van der Waals surface area contributed by atoms with Crippen LogP contribution in [-0.2, 0) is 11.3 Å². The van der Waals surface area contributed by atoms with Gasteiger partial charge in [0.2, 0.25) is 5.91 Å². The standard InChI is InChI=1S/C14H12BrN3O2/c15-10-5-12(16-6-10)14(20)18-7-9-3-1-2-4-11(9)17-13(19)8-18/h1-6,16H,7-8H2,(H,17,19). The molecular weight excluding hydrogens is 322 g/mol. The van der Waals surface area contributed by atoms with Crippen LogP contribution in [0.5, 0.6) is 0 Å². The number of fused-ring (bicyclic) bond motifs is 1. The summed E-state index contributed by atoms with van der Waals surface area (Å²) in [6.07, 6.45) is 1.69. The maximum absolute atomic E-state index is 12.4. The van der Waals surface area contributed by atoms with Crippen LogP contribution in [0.2, 0.25) is 0 Å². The second-order valence-electron chi connectivity index (χ2n) is 4.60. The number of carbonyl (C=O) groups is 2. The fourth-order valence-electron chi connectivity index (χ4n) is 2.21. The van der Waals surface area contributed by atoms with E-state index < -0.39 is 0 Å². The molecule has 2 N–H and O–H groups in total. The number of H-pyrrole nitrogens is 1. The number of carbonyl (C=O) groups excluding carboxylic acids is 2. The van der Waals surface area contributed by atoms with E-state index in [4.69, 9.17) is 0 Å². The highest BCUT2D eigenvalue weighted by atomic mass is 79.9. The highest BCUT2D eigenvalue weighted by molar-refractivity contribution is 9.10. The number of para-hydroxylation sites is 1. The van der Waals surface area contributed by atoms with Crippen LogP contribution in [0.15, 0.2) is 41.0 Å². The molecule has 2 aromatic rings. The molecule has 2 heterocycles. The molecule has 1 aromatic carbocycles. The minimum atomic E-state index is -0.192. The number of amides is 2. The number of benzene rings is 1. The number of hydrogen-bond donors (Lipinski definition) is 2. The van der Waals surface area contributed by atoms with Crippen LogP contribution in [0.4, 0.5) is 5.69 Å². The molecule has 0 saturated heterocycles. The zero-order valence-electron chi connectivity index (χ0n) is 10.5. The molecule has 1 aromatic heterocycles. The van der Waals surface area contributed by atoms with E-state index in [2.05, 4.69) is 26.2 Å². The highest BCUT2D eigenvalue weighted by Gasteiger charge is 2.24. The Bertz CT molecular complexity index is 681. The topological polar surface area (TPSA) is 65.2 Å². The van der Waals surface area contributed by atoms with Gasteiger partial charge in [-0.2, -0.15) is 0 Å². The number of halogens is 1. The molecule has 5 nitrogen and oxygen atoms in total. The second-order valence-corrected chi connectivity index (χ2v) is 5.51. The molecule has 20 heavy (non-hydrogen) atoms. The Morgan fingerprint density at radius 2 is 2.05 bits per heavy atom. The number of nitrogens with one attached hydrogen (secondary N) is 2. The van der Waals surface area contributed by atoms with E-state index in [1.165, 1.54) is 4.90 Å². The zero-order valence-corrected chi connectivity index (χ0v) is 12.1. The molecule has 0 unspecified atom stereocenters. The summed E-state index contributed by atoms with van der Waals surface area (Å²) >= 11 is 3.30. The molecule has 102 valence electrons. The maximum atomic E-state index is 12.4. The number of nitrogens with zero attached hydrogens (tertiary/aromatic N) is 1. The van der Waals surface area contributed by atoms with Crippen molar-refractivity contribution < 1.29 is 9.59 Å². The number of aromatic amines is 1. The lowest BCUT2D eigenvalue weighted by Gasteiger charge is -2.18. The van der Waals surface area contributed by atoms with Crippen LogP contribution in [0, 0.1) is 0 Å². The Morgan fingerprint density at radius 3 is 2.80 bits per heavy atom. The van der Waals surface area contributed by atoms with Gasteiger partial charge < -0.3 is 15.2 Å². The maximum Gasteiger partial charge on any atom is 0.271 e. The minimum Gasteiger partial charge on any atom is -0.356 e. The van der Waals surface area contributed by atoms with E-state index in [0.717, 1.165) is 15.7 Å². The lowest BCUT2D eigenvalue weighted by Crippen LogP contribution is -2.35. The van der Waals surface area contributed by atoms with E-state index in [9.17, 15) is 9.59 Å². The average Bonchev–Trinajstić information content (AvgIpc) is 2.77. The van der Waals surface area contributed by atoms with Gasteiger partial charge in [0.1, 0.15) is 12.2 Å². The molecular formula is C14H12BrN3O2. The molecule has 0 atom stereocenters. The smallest absolute Gasteiger partial charge is 0.271 e. The van der Waals surface area contributed by atoms with Crippen molar-refractivity contribution in [3.05, 3.63) is 52.3 Å². The summed E-state index contributed by atoms with van der Waals surface area (Å²) < 4.78 is 0.806. The van der Waals surface area contributed by atoms with Crippen LogP contribution < -0.4 is 5.32 Å². The number of aromatic nitrogens is 1. The van der Waals surface area contributed by atoms with Gasteiger partial charge in [-0.05, 0) is 33.6 Å². The van der Waals surface area contributed by atoms with E-state index in [1.54, 1.807) is 12.3 Å². The summed E-state index contributed by atoms with van der Waals surface area (Å²) in [5, 5.41) is 2.81. The molecule has 3 rings (SSSR count). The fraction of sp³-hybridized carbons (Fsp3) is 0.143. The molecule has 0 saturated carbocycles. The average molecular weight is 334 g/mol. The Labute approximate surface area is 124 Å². The first-order chi connectivity index (χ1) is 9.63. The van der Waals surface area contributed by atoms with Gasteiger partial charge in [-0.15, -0.1) is 0 Å². The van der Waals surface area contributed by atoms with Crippen LogP contribution in [-0.4, -0.2) is 28.2 Å². The van der Waals surface area contributed by atoms with Gasteiger partial charge in [-0.3, -0.25) is 9.59 Å². The van der Waals surface area contributed by atoms with Crippen molar-refractivity contribution in [2.75, 3.05) is 11.9 Å². The van der Waals surface area contributed by atoms with Gasteiger partial charge in [0, 0.05) is 22.9 Å². The van der Waals surface area contributed by atoms with Crippen molar-refractivity contribution in [1.29, 1.82) is 0 Å². The Morgan fingerprint density at radius 1 is 1.25 bits per heavy atom. The Hall–Kier alpha value is -2.08. The lowest BCUT2D eigenvalue weighted by atomic mass is 10.1. The Kier molecular flexibility index (Phi) is 3.31. The molecule has 0 fully saturated rings. The van der Waals surface area contributed by atoms with Crippen molar-refractivity contribution in [1.82, 2.24) is 9.88 Å². The normalized spacial score (nSPS) is 14.4. The first-order valence-corrected chi connectivity index (χ1v) is 6.94. The summed E-state index contributed by atoms with van der Waals surface area (Å²) in [6.45, 7) is 0.453. The third-order valence-electron chi connectivity index (χ3n) is 3.15. The van der Waals surface area contributed by atoms with Crippen molar-refractivity contribution >= 4 is 33.4 Å². The molecule has 1 aliphatic heterocycles. The van der Waals surface area contributed by atoms with Crippen molar-refractivity contribution in [2.45, 2.75) is 6.54 Å². The van der Waals surface area contributed by atoms with Crippen LogP contribution >= 0.6 is 15.9 Å². The third-order valence-corrected chi connectivity index (χ3v) is 3.61. The van der Waals surface area contributed by atoms with Crippen LogP contribution in [0.3, 0.4) is 0 Å². The van der Waals surface area contributed by atoms with E-state index in [-0.39, 0.29) is 18.4 Å². The number of anilines is 1. The molecule has 0 radical (unpaired) electrons. The monoisotopic (exact) mass is 333 g/mol.